The summed E-state index contributed by atoms with van der Waals surface area (Å²) in [6, 6.07) is 12.9. The molecule has 1 amide bonds. The average Bonchev–Trinajstić information content (AvgIpc) is 2.75. The lowest BCUT2D eigenvalue weighted by Crippen LogP contribution is -2.39. The molecule has 0 spiro atoms. The number of ether oxygens (including phenoxy) is 3. The molecule has 0 aliphatic rings. The van der Waals surface area contributed by atoms with Crippen LogP contribution in [0.3, 0.4) is 0 Å². The SMILES string of the molecule is COC(=O)COc1cccc(/C=N\NC(=O)CN(c2ccc(OC)cc2)S(C)(=O)=O)c1. The number of rotatable bonds is 10. The van der Waals surface area contributed by atoms with E-state index in [0.29, 0.717) is 22.7 Å². The van der Waals surface area contributed by atoms with Crippen LogP contribution in [0.2, 0.25) is 0 Å². The first kappa shape index (κ1) is 23.7. The highest BCUT2D eigenvalue weighted by Crippen LogP contribution is 2.21. The second-order valence-electron chi connectivity index (χ2n) is 6.20. The maximum atomic E-state index is 12.2. The van der Waals surface area contributed by atoms with E-state index in [1.54, 1.807) is 36.4 Å². The Bertz CT molecular complexity index is 1040. The first-order chi connectivity index (χ1) is 14.7. The van der Waals surface area contributed by atoms with Gasteiger partial charge in [0.05, 0.1) is 32.4 Å². The lowest BCUT2D eigenvalue weighted by atomic mass is 10.2. The van der Waals surface area contributed by atoms with Crippen LogP contribution < -0.4 is 19.2 Å². The number of esters is 1. The highest BCUT2D eigenvalue weighted by Gasteiger charge is 2.20. The van der Waals surface area contributed by atoms with Gasteiger partial charge in [0.15, 0.2) is 6.61 Å². The van der Waals surface area contributed by atoms with Crippen LogP contribution in [-0.4, -0.2) is 60.1 Å². The van der Waals surface area contributed by atoms with Gasteiger partial charge >= 0.3 is 5.97 Å². The number of hydrogen-bond acceptors (Lipinski definition) is 8. The van der Waals surface area contributed by atoms with E-state index in [1.807, 2.05) is 0 Å². The van der Waals surface area contributed by atoms with E-state index < -0.39 is 28.4 Å². The second kappa shape index (κ2) is 11.0. The number of anilines is 1. The summed E-state index contributed by atoms with van der Waals surface area (Å²) in [4.78, 5) is 23.4. The van der Waals surface area contributed by atoms with Crippen LogP contribution in [0.5, 0.6) is 11.5 Å². The lowest BCUT2D eigenvalue weighted by Gasteiger charge is -2.21. The Morgan fingerprint density at radius 1 is 1.10 bits per heavy atom. The molecule has 2 rings (SSSR count). The van der Waals surface area contributed by atoms with Crippen molar-refractivity contribution in [2.75, 3.05) is 37.9 Å². The maximum Gasteiger partial charge on any atom is 0.343 e. The summed E-state index contributed by atoms with van der Waals surface area (Å²) in [5.41, 5.74) is 3.20. The number of methoxy groups -OCH3 is 2. The third-order valence-electron chi connectivity index (χ3n) is 3.89. The van der Waals surface area contributed by atoms with Crippen molar-refractivity contribution in [2.45, 2.75) is 0 Å². The summed E-state index contributed by atoms with van der Waals surface area (Å²) in [6.45, 7) is -0.689. The zero-order chi connectivity index (χ0) is 22.9. The normalized spacial score (nSPS) is 11.1. The van der Waals surface area contributed by atoms with E-state index in [2.05, 4.69) is 15.3 Å². The van der Waals surface area contributed by atoms with E-state index in [0.717, 1.165) is 10.6 Å². The topological polar surface area (TPSA) is 124 Å². The van der Waals surface area contributed by atoms with Gasteiger partial charge in [-0.15, -0.1) is 0 Å². The molecule has 31 heavy (non-hydrogen) atoms. The standard InChI is InChI=1S/C20H23N3O7S/c1-28-17-9-7-16(8-10-17)23(31(3,26)27)13-19(24)22-21-12-15-5-4-6-18(11-15)30-14-20(25)29-2/h4-12H,13-14H2,1-3H3,(H,22,24)/b21-12-. The van der Waals surface area contributed by atoms with Crippen molar-refractivity contribution in [3.05, 3.63) is 54.1 Å². The molecule has 0 atom stereocenters. The van der Waals surface area contributed by atoms with E-state index in [4.69, 9.17) is 9.47 Å². The highest BCUT2D eigenvalue weighted by molar-refractivity contribution is 7.92. The fourth-order valence-electron chi connectivity index (χ4n) is 2.38. The molecule has 0 bridgehead atoms. The first-order valence-electron chi connectivity index (χ1n) is 8.96. The van der Waals surface area contributed by atoms with Crippen LogP contribution in [0, 0.1) is 0 Å². The van der Waals surface area contributed by atoms with Crippen molar-refractivity contribution >= 4 is 33.8 Å². The number of amides is 1. The molecule has 0 saturated heterocycles. The number of hydrazone groups is 1. The Balaban J connectivity index is 2.00. The quantitative estimate of drug-likeness (QED) is 0.328. The number of benzene rings is 2. The number of hydrogen-bond donors (Lipinski definition) is 1. The van der Waals surface area contributed by atoms with E-state index >= 15 is 0 Å². The van der Waals surface area contributed by atoms with Gasteiger partial charge in [-0.2, -0.15) is 5.10 Å². The largest absolute Gasteiger partial charge is 0.497 e. The highest BCUT2D eigenvalue weighted by atomic mass is 32.2. The molecule has 0 heterocycles. The van der Waals surface area contributed by atoms with Crippen molar-refractivity contribution in [1.29, 1.82) is 0 Å². The van der Waals surface area contributed by atoms with Crippen LogP contribution in [-0.2, 0) is 24.3 Å². The molecule has 0 saturated carbocycles. The fraction of sp³-hybridized carbons (Fsp3) is 0.250. The zero-order valence-corrected chi connectivity index (χ0v) is 18.1. The molecule has 11 heteroatoms. The number of carbonyl (C=O) groups excluding carboxylic acids is 2. The molecule has 0 unspecified atom stereocenters. The second-order valence-corrected chi connectivity index (χ2v) is 8.10. The van der Waals surface area contributed by atoms with Crippen molar-refractivity contribution in [3.8, 4) is 11.5 Å². The molecule has 2 aromatic carbocycles. The van der Waals surface area contributed by atoms with Crippen LogP contribution >= 0.6 is 0 Å². The summed E-state index contributed by atoms with van der Waals surface area (Å²) in [7, 11) is -0.949. The van der Waals surface area contributed by atoms with Gasteiger partial charge in [0.2, 0.25) is 10.0 Å². The number of nitrogens with one attached hydrogen (secondary N) is 1. The minimum absolute atomic E-state index is 0.236. The molecule has 0 aliphatic carbocycles. The fourth-order valence-corrected chi connectivity index (χ4v) is 3.24. The Kier molecular flexibility index (Phi) is 8.38. The monoisotopic (exact) mass is 449 g/mol. The Morgan fingerprint density at radius 2 is 1.81 bits per heavy atom. The first-order valence-corrected chi connectivity index (χ1v) is 10.8. The van der Waals surface area contributed by atoms with Crippen LogP contribution in [0.25, 0.3) is 0 Å². The van der Waals surface area contributed by atoms with Crippen molar-refractivity contribution in [1.82, 2.24) is 5.43 Å². The molecular formula is C20H23N3O7S. The van der Waals surface area contributed by atoms with Gasteiger partial charge in [0.25, 0.3) is 5.91 Å². The Morgan fingerprint density at radius 3 is 2.42 bits per heavy atom. The molecular weight excluding hydrogens is 426 g/mol. The van der Waals surface area contributed by atoms with Crippen LogP contribution in [0.15, 0.2) is 53.6 Å². The van der Waals surface area contributed by atoms with Gasteiger partial charge in [0.1, 0.15) is 18.0 Å². The zero-order valence-electron chi connectivity index (χ0n) is 17.3. The average molecular weight is 449 g/mol. The molecule has 0 radical (unpaired) electrons. The maximum absolute atomic E-state index is 12.2. The third kappa shape index (κ3) is 7.63. The van der Waals surface area contributed by atoms with Gasteiger partial charge in [0, 0.05) is 0 Å². The molecule has 0 aromatic heterocycles. The molecule has 0 fully saturated rings. The Labute approximate surface area is 180 Å². The van der Waals surface area contributed by atoms with Crippen molar-refractivity contribution < 1.29 is 32.2 Å². The summed E-state index contributed by atoms with van der Waals surface area (Å²) < 4.78 is 40.0. The Hall–Kier alpha value is -3.60. The number of sulfonamides is 1. The summed E-state index contributed by atoms with van der Waals surface area (Å²) in [6.07, 6.45) is 2.37. The smallest absolute Gasteiger partial charge is 0.343 e. The molecule has 1 N–H and O–H groups in total. The molecule has 10 nitrogen and oxygen atoms in total. The van der Waals surface area contributed by atoms with Crippen LogP contribution in [0.1, 0.15) is 5.56 Å². The van der Waals surface area contributed by atoms with Gasteiger partial charge < -0.3 is 14.2 Å². The molecule has 0 aliphatic heterocycles. The van der Waals surface area contributed by atoms with E-state index in [9.17, 15) is 18.0 Å². The van der Waals surface area contributed by atoms with Gasteiger partial charge in [-0.25, -0.2) is 18.6 Å². The predicted octanol–water partition coefficient (Wildman–Crippen LogP) is 1.16. The summed E-state index contributed by atoms with van der Waals surface area (Å²) in [5.74, 6) is -0.165. The number of nitrogens with zero attached hydrogens (tertiary/aromatic N) is 2. The summed E-state index contributed by atoms with van der Waals surface area (Å²) >= 11 is 0. The summed E-state index contributed by atoms with van der Waals surface area (Å²) in [5, 5.41) is 3.84. The van der Waals surface area contributed by atoms with E-state index in [1.165, 1.54) is 32.6 Å². The predicted molar refractivity (Wildman–Crippen MR) is 115 cm³/mol. The van der Waals surface area contributed by atoms with Crippen LogP contribution in [0.4, 0.5) is 5.69 Å². The van der Waals surface area contributed by atoms with Gasteiger partial charge in [-0.05, 0) is 42.0 Å². The van der Waals surface area contributed by atoms with Crippen molar-refractivity contribution in [3.63, 3.8) is 0 Å². The van der Waals surface area contributed by atoms with Gasteiger partial charge in [-0.3, -0.25) is 9.10 Å². The lowest BCUT2D eigenvalue weighted by molar-refractivity contribution is -0.142. The molecule has 2 aromatic rings. The minimum Gasteiger partial charge on any atom is -0.497 e. The van der Waals surface area contributed by atoms with E-state index in [-0.39, 0.29) is 6.61 Å². The number of carbonyl (C=O) groups is 2. The van der Waals surface area contributed by atoms with Gasteiger partial charge in [-0.1, -0.05) is 12.1 Å². The third-order valence-corrected chi connectivity index (χ3v) is 5.03. The van der Waals surface area contributed by atoms with Crippen molar-refractivity contribution in [2.24, 2.45) is 5.10 Å². The molecule has 166 valence electrons. The minimum atomic E-state index is -3.71.